The van der Waals surface area contributed by atoms with Gasteiger partial charge in [0, 0.05) is 38.5 Å². The van der Waals surface area contributed by atoms with Crippen LogP contribution in [-0.2, 0) is 9.53 Å². The van der Waals surface area contributed by atoms with Crippen molar-refractivity contribution in [3.05, 3.63) is 46.0 Å². The Morgan fingerprint density at radius 2 is 2.09 bits per heavy atom. The molecule has 2 N–H and O–H groups in total. The Bertz CT molecular complexity index is 558. The van der Waals surface area contributed by atoms with E-state index in [4.69, 9.17) is 17.0 Å². The topological polar surface area (TPSA) is 93.5 Å². The number of nitrogens with zero attached hydrogens (tertiary/aromatic N) is 1. The number of ether oxygens (including phenoxy) is 1. The number of non-ortho nitro benzene ring substituents is 1. The van der Waals surface area contributed by atoms with Gasteiger partial charge < -0.3 is 10.1 Å². The average molecular weight is 323 g/mol. The third kappa shape index (κ3) is 6.91. The number of carbonyl (C=O) groups excluding carboxylic acids is 1. The van der Waals surface area contributed by atoms with Gasteiger partial charge in [-0.3, -0.25) is 20.2 Å². The van der Waals surface area contributed by atoms with Crippen LogP contribution >= 0.6 is 12.2 Å². The van der Waals surface area contributed by atoms with E-state index in [-0.39, 0.29) is 16.7 Å². The Morgan fingerprint density at radius 1 is 1.41 bits per heavy atom. The molecule has 0 spiro atoms. The minimum Gasteiger partial charge on any atom is -0.385 e. The van der Waals surface area contributed by atoms with Crippen LogP contribution in [0, 0.1) is 10.1 Å². The summed E-state index contributed by atoms with van der Waals surface area (Å²) in [5.74, 6) is -0.373. The van der Waals surface area contributed by atoms with E-state index in [1.807, 2.05) is 0 Å². The predicted octanol–water partition coefficient (Wildman–Crippen LogP) is 1.64. The van der Waals surface area contributed by atoms with Gasteiger partial charge in [-0.2, -0.15) is 0 Å². The van der Waals surface area contributed by atoms with Gasteiger partial charge in [0.2, 0.25) is 5.91 Å². The Labute approximate surface area is 133 Å². The SMILES string of the molecule is COCCCNC(=S)NC(=O)/C=C/c1ccc([N+](=O)[O-])cc1. The number of nitro benzene ring substituents is 1. The minimum absolute atomic E-state index is 0.00281. The van der Waals surface area contributed by atoms with Crippen LogP contribution < -0.4 is 10.6 Å². The zero-order valence-corrected chi connectivity index (χ0v) is 12.9. The molecule has 22 heavy (non-hydrogen) atoms. The number of amides is 1. The lowest BCUT2D eigenvalue weighted by Crippen LogP contribution is -2.39. The van der Waals surface area contributed by atoms with E-state index >= 15 is 0 Å². The third-order valence-corrected chi connectivity index (χ3v) is 2.82. The maximum atomic E-state index is 11.6. The number of thiocarbonyl (C=S) groups is 1. The van der Waals surface area contributed by atoms with Gasteiger partial charge in [0.05, 0.1) is 4.92 Å². The molecule has 1 amide bonds. The van der Waals surface area contributed by atoms with Crippen molar-refractivity contribution in [2.24, 2.45) is 0 Å². The number of nitrogens with one attached hydrogen (secondary N) is 2. The van der Waals surface area contributed by atoms with Crippen molar-refractivity contribution < 1.29 is 14.5 Å². The van der Waals surface area contributed by atoms with Crippen LogP contribution in [0.3, 0.4) is 0 Å². The number of hydrogen-bond acceptors (Lipinski definition) is 5. The lowest BCUT2D eigenvalue weighted by atomic mass is 10.2. The first-order valence-corrected chi connectivity index (χ1v) is 6.94. The zero-order chi connectivity index (χ0) is 16.4. The highest BCUT2D eigenvalue weighted by Gasteiger charge is 2.03. The second-order valence-electron chi connectivity index (χ2n) is 4.27. The number of methoxy groups -OCH3 is 1. The summed E-state index contributed by atoms with van der Waals surface area (Å²) in [7, 11) is 1.61. The fourth-order valence-electron chi connectivity index (χ4n) is 1.50. The molecule has 0 saturated heterocycles. The average Bonchev–Trinajstić information content (AvgIpc) is 2.50. The fourth-order valence-corrected chi connectivity index (χ4v) is 1.70. The summed E-state index contributed by atoms with van der Waals surface area (Å²) < 4.78 is 4.89. The summed E-state index contributed by atoms with van der Waals surface area (Å²) in [5, 5.41) is 16.1. The first-order valence-electron chi connectivity index (χ1n) is 6.53. The molecule has 0 radical (unpaired) electrons. The molecule has 0 aliphatic carbocycles. The van der Waals surface area contributed by atoms with E-state index in [0.717, 1.165) is 6.42 Å². The molecule has 0 saturated carbocycles. The first kappa shape index (κ1) is 17.7. The first-order chi connectivity index (χ1) is 10.5. The number of rotatable bonds is 7. The van der Waals surface area contributed by atoms with Gasteiger partial charge in [0.25, 0.3) is 5.69 Å². The lowest BCUT2D eigenvalue weighted by molar-refractivity contribution is -0.384. The van der Waals surface area contributed by atoms with Gasteiger partial charge >= 0.3 is 0 Å². The van der Waals surface area contributed by atoms with Crippen molar-refractivity contribution in [1.82, 2.24) is 10.6 Å². The third-order valence-electron chi connectivity index (χ3n) is 2.58. The van der Waals surface area contributed by atoms with Crippen LogP contribution in [0.15, 0.2) is 30.3 Å². The van der Waals surface area contributed by atoms with Crippen LogP contribution in [0.5, 0.6) is 0 Å². The van der Waals surface area contributed by atoms with Crippen LogP contribution in [0.4, 0.5) is 5.69 Å². The molecule has 1 aromatic rings. The molecular formula is C14H17N3O4S. The normalized spacial score (nSPS) is 10.4. The molecule has 1 rings (SSSR count). The molecule has 8 heteroatoms. The molecule has 7 nitrogen and oxygen atoms in total. The summed E-state index contributed by atoms with van der Waals surface area (Å²) in [6.45, 7) is 1.22. The van der Waals surface area contributed by atoms with E-state index in [1.165, 1.54) is 18.2 Å². The number of carbonyl (C=O) groups is 1. The Balaban J connectivity index is 2.40. The molecule has 0 aliphatic heterocycles. The monoisotopic (exact) mass is 323 g/mol. The highest BCUT2D eigenvalue weighted by Crippen LogP contribution is 2.12. The quantitative estimate of drug-likeness (QED) is 0.260. The van der Waals surface area contributed by atoms with Crippen LogP contribution in [0.2, 0.25) is 0 Å². The fraction of sp³-hybridized carbons (Fsp3) is 0.286. The maximum absolute atomic E-state index is 11.6. The van der Waals surface area contributed by atoms with Crippen molar-refractivity contribution in [2.75, 3.05) is 20.3 Å². The summed E-state index contributed by atoms with van der Waals surface area (Å²) in [5.41, 5.74) is 0.683. The Kier molecular flexibility index (Phi) is 7.73. The Morgan fingerprint density at radius 3 is 2.68 bits per heavy atom. The molecule has 0 heterocycles. The molecule has 118 valence electrons. The van der Waals surface area contributed by atoms with Gasteiger partial charge in [0.1, 0.15) is 0 Å². The van der Waals surface area contributed by atoms with Crippen LogP contribution in [0.1, 0.15) is 12.0 Å². The highest BCUT2D eigenvalue weighted by atomic mass is 32.1. The molecule has 0 aliphatic rings. The van der Waals surface area contributed by atoms with E-state index in [0.29, 0.717) is 18.7 Å². The Hall–Kier alpha value is -2.32. The van der Waals surface area contributed by atoms with E-state index in [1.54, 1.807) is 25.3 Å². The molecule has 1 aromatic carbocycles. The number of nitro groups is 1. The van der Waals surface area contributed by atoms with Crippen molar-refractivity contribution in [3.8, 4) is 0 Å². The summed E-state index contributed by atoms with van der Waals surface area (Å²) >= 11 is 4.96. The second-order valence-corrected chi connectivity index (χ2v) is 4.68. The van der Waals surface area contributed by atoms with Crippen molar-refractivity contribution in [3.63, 3.8) is 0 Å². The highest BCUT2D eigenvalue weighted by molar-refractivity contribution is 7.80. The van der Waals surface area contributed by atoms with Gasteiger partial charge in [-0.25, -0.2) is 0 Å². The lowest BCUT2D eigenvalue weighted by Gasteiger charge is -2.07. The van der Waals surface area contributed by atoms with Gasteiger partial charge in [-0.05, 0) is 42.4 Å². The van der Waals surface area contributed by atoms with E-state index in [2.05, 4.69) is 10.6 Å². The van der Waals surface area contributed by atoms with E-state index in [9.17, 15) is 14.9 Å². The molecule has 0 atom stereocenters. The largest absolute Gasteiger partial charge is 0.385 e. The molecule has 0 fully saturated rings. The number of hydrogen-bond donors (Lipinski definition) is 2. The summed E-state index contributed by atoms with van der Waals surface area (Å²) in [6, 6.07) is 5.87. The smallest absolute Gasteiger partial charge is 0.269 e. The second kappa shape index (κ2) is 9.59. The molecule has 0 bridgehead atoms. The van der Waals surface area contributed by atoms with Gasteiger partial charge in [-0.1, -0.05) is 0 Å². The van der Waals surface area contributed by atoms with Crippen molar-refractivity contribution in [2.45, 2.75) is 6.42 Å². The van der Waals surface area contributed by atoms with Crippen LogP contribution in [-0.4, -0.2) is 36.2 Å². The predicted molar refractivity (Wildman–Crippen MR) is 87.4 cm³/mol. The number of benzene rings is 1. The van der Waals surface area contributed by atoms with Gasteiger partial charge in [-0.15, -0.1) is 0 Å². The van der Waals surface area contributed by atoms with E-state index < -0.39 is 4.92 Å². The molecule has 0 aromatic heterocycles. The summed E-state index contributed by atoms with van der Waals surface area (Å²) in [6.07, 6.45) is 3.64. The zero-order valence-electron chi connectivity index (χ0n) is 12.1. The van der Waals surface area contributed by atoms with Gasteiger partial charge in [0.15, 0.2) is 5.11 Å². The standard InChI is InChI=1S/C14H17N3O4S/c1-21-10-2-9-15-14(22)16-13(18)8-5-11-3-6-12(7-4-11)17(19)20/h3-8H,2,9-10H2,1H3,(H2,15,16,18,22)/b8-5+. The minimum atomic E-state index is -0.478. The van der Waals surface area contributed by atoms with Crippen molar-refractivity contribution in [1.29, 1.82) is 0 Å². The molecule has 0 unspecified atom stereocenters. The summed E-state index contributed by atoms with van der Waals surface area (Å²) in [4.78, 5) is 21.7. The molecular weight excluding hydrogens is 306 g/mol. The van der Waals surface area contributed by atoms with Crippen LogP contribution in [0.25, 0.3) is 6.08 Å². The maximum Gasteiger partial charge on any atom is 0.269 e. The van der Waals surface area contributed by atoms with Crippen molar-refractivity contribution >= 4 is 35.0 Å².